The molecule has 8 heteroatoms. The van der Waals surface area contributed by atoms with Crippen molar-refractivity contribution in [1.29, 1.82) is 0 Å². The molecule has 1 atom stereocenters. The minimum atomic E-state index is -0.689. The Bertz CT molecular complexity index is 672. The van der Waals surface area contributed by atoms with Gasteiger partial charge in [-0.05, 0) is 18.2 Å². The van der Waals surface area contributed by atoms with Gasteiger partial charge in [0.05, 0.1) is 17.5 Å². The summed E-state index contributed by atoms with van der Waals surface area (Å²) in [6.45, 7) is -0.278. The Morgan fingerprint density at radius 3 is 2.77 bits per heavy atom. The van der Waals surface area contributed by atoms with Crippen molar-refractivity contribution in [3.05, 3.63) is 41.2 Å². The van der Waals surface area contributed by atoms with Gasteiger partial charge >= 0.3 is 0 Å². The van der Waals surface area contributed by atoms with E-state index < -0.39 is 29.5 Å². The predicted octanol–water partition coefficient (Wildman–Crippen LogP) is 1.32. The Hall–Kier alpha value is -2.54. The Kier molecular flexibility index (Phi) is 5.00. The van der Waals surface area contributed by atoms with Crippen LogP contribution in [0.15, 0.2) is 35.3 Å². The smallest absolute Gasteiger partial charge is 0.269 e. The second-order valence-electron chi connectivity index (χ2n) is 4.40. The Balaban J connectivity index is 1.83. The lowest BCUT2D eigenvalue weighted by atomic mass is 10.1. The van der Waals surface area contributed by atoms with Crippen molar-refractivity contribution in [2.45, 2.75) is 0 Å². The third kappa shape index (κ3) is 4.23. The number of aliphatic imine (C=N–C) groups is 1. The van der Waals surface area contributed by atoms with Crippen LogP contribution in [0.25, 0.3) is 0 Å². The highest BCUT2D eigenvalue weighted by atomic mass is 35.5. The van der Waals surface area contributed by atoms with E-state index >= 15 is 0 Å². The molecule has 0 spiro atoms. The molecule has 1 heterocycles. The summed E-state index contributed by atoms with van der Waals surface area (Å²) in [6, 6.07) is 3.73. The molecule has 22 heavy (non-hydrogen) atoms. The third-order valence-corrected chi connectivity index (χ3v) is 3.03. The van der Waals surface area contributed by atoms with E-state index in [2.05, 4.69) is 15.6 Å². The standard InChI is InChI=1S/C14H11ClFN3O3/c15-10-5-9(2-3-11(10)16)19-13(21)7-18-14(22)8-1-4-12(20)17-6-8/h1-6,8H,7H2,(H,18,22)(H,19,21). The monoisotopic (exact) mass is 323 g/mol. The van der Waals surface area contributed by atoms with Crippen LogP contribution in [0.5, 0.6) is 0 Å². The Morgan fingerprint density at radius 2 is 2.14 bits per heavy atom. The molecule has 2 N–H and O–H groups in total. The first kappa shape index (κ1) is 15.8. The van der Waals surface area contributed by atoms with E-state index in [1.807, 2.05) is 0 Å². The van der Waals surface area contributed by atoms with Crippen LogP contribution >= 0.6 is 11.6 Å². The fourth-order valence-electron chi connectivity index (χ4n) is 1.65. The van der Waals surface area contributed by atoms with Crippen molar-refractivity contribution in [2.75, 3.05) is 11.9 Å². The quantitative estimate of drug-likeness (QED) is 0.876. The zero-order chi connectivity index (χ0) is 16.1. The molecule has 1 aromatic carbocycles. The molecule has 1 aliphatic rings. The molecule has 1 unspecified atom stereocenters. The highest BCUT2D eigenvalue weighted by molar-refractivity contribution is 6.31. The van der Waals surface area contributed by atoms with Gasteiger partial charge in [0, 0.05) is 18.0 Å². The number of dihydropyridines is 1. The molecule has 0 bridgehead atoms. The molecule has 2 rings (SSSR count). The average molecular weight is 324 g/mol. The largest absolute Gasteiger partial charge is 0.346 e. The summed E-state index contributed by atoms with van der Waals surface area (Å²) in [7, 11) is 0. The predicted molar refractivity (Wildman–Crippen MR) is 79.2 cm³/mol. The molecular weight excluding hydrogens is 313 g/mol. The van der Waals surface area contributed by atoms with Crippen LogP contribution in [0.1, 0.15) is 0 Å². The van der Waals surface area contributed by atoms with Gasteiger partial charge in [0.2, 0.25) is 11.8 Å². The van der Waals surface area contributed by atoms with Crippen LogP contribution in [0.4, 0.5) is 10.1 Å². The van der Waals surface area contributed by atoms with Crippen molar-refractivity contribution in [2.24, 2.45) is 10.9 Å². The van der Waals surface area contributed by atoms with Crippen molar-refractivity contribution in [1.82, 2.24) is 5.32 Å². The van der Waals surface area contributed by atoms with E-state index in [0.29, 0.717) is 5.69 Å². The average Bonchev–Trinajstić information content (AvgIpc) is 2.49. The van der Waals surface area contributed by atoms with Crippen LogP contribution in [0.2, 0.25) is 5.02 Å². The summed E-state index contributed by atoms with van der Waals surface area (Å²) in [4.78, 5) is 37.7. The molecule has 114 valence electrons. The molecule has 0 fully saturated rings. The maximum absolute atomic E-state index is 13.0. The second-order valence-corrected chi connectivity index (χ2v) is 4.80. The van der Waals surface area contributed by atoms with Gasteiger partial charge in [-0.3, -0.25) is 14.4 Å². The van der Waals surface area contributed by atoms with Gasteiger partial charge < -0.3 is 10.6 Å². The highest BCUT2D eigenvalue weighted by Crippen LogP contribution is 2.19. The fourth-order valence-corrected chi connectivity index (χ4v) is 1.83. The number of nitrogens with one attached hydrogen (secondary N) is 2. The van der Waals surface area contributed by atoms with Gasteiger partial charge in [0.1, 0.15) is 5.82 Å². The van der Waals surface area contributed by atoms with Gasteiger partial charge in [-0.2, -0.15) is 0 Å². The first-order valence-electron chi connectivity index (χ1n) is 6.24. The molecular formula is C14H11ClFN3O3. The summed E-state index contributed by atoms with van der Waals surface area (Å²) in [6.07, 6.45) is 3.78. The topological polar surface area (TPSA) is 87.6 Å². The van der Waals surface area contributed by atoms with E-state index in [1.165, 1.54) is 30.5 Å². The number of amides is 3. The molecule has 0 saturated carbocycles. The van der Waals surface area contributed by atoms with Crippen molar-refractivity contribution >= 4 is 41.2 Å². The number of carbonyl (C=O) groups excluding carboxylic acids is 3. The minimum Gasteiger partial charge on any atom is -0.346 e. The Labute approximate surface area is 130 Å². The first-order chi connectivity index (χ1) is 10.5. The van der Waals surface area contributed by atoms with Gasteiger partial charge in [-0.25, -0.2) is 9.38 Å². The lowest BCUT2D eigenvalue weighted by Crippen LogP contribution is -2.37. The number of carbonyl (C=O) groups is 3. The third-order valence-electron chi connectivity index (χ3n) is 2.74. The van der Waals surface area contributed by atoms with Gasteiger partial charge in [0.15, 0.2) is 0 Å². The van der Waals surface area contributed by atoms with Gasteiger partial charge in [-0.15, -0.1) is 0 Å². The normalized spacial score (nSPS) is 16.5. The summed E-state index contributed by atoms with van der Waals surface area (Å²) in [5, 5.41) is 4.75. The van der Waals surface area contributed by atoms with Crippen molar-refractivity contribution < 1.29 is 18.8 Å². The molecule has 1 aliphatic heterocycles. The van der Waals surface area contributed by atoms with Crippen LogP contribution in [-0.2, 0) is 14.4 Å². The zero-order valence-electron chi connectivity index (χ0n) is 11.2. The van der Waals surface area contributed by atoms with Crippen LogP contribution in [0.3, 0.4) is 0 Å². The molecule has 0 radical (unpaired) electrons. The van der Waals surface area contributed by atoms with Crippen molar-refractivity contribution in [3.8, 4) is 0 Å². The number of hydrogen-bond donors (Lipinski definition) is 2. The molecule has 6 nitrogen and oxygen atoms in total. The molecule has 1 aromatic rings. The lowest BCUT2D eigenvalue weighted by Gasteiger charge is -2.11. The number of hydrogen-bond acceptors (Lipinski definition) is 3. The van der Waals surface area contributed by atoms with Crippen molar-refractivity contribution in [3.63, 3.8) is 0 Å². The second kappa shape index (κ2) is 6.95. The number of nitrogens with zero attached hydrogens (tertiary/aromatic N) is 1. The molecule has 0 aromatic heterocycles. The number of rotatable bonds is 4. The summed E-state index contributed by atoms with van der Waals surface area (Å²) in [5.74, 6) is -2.67. The first-order valence-corrected chi connectivity index (χ1v) is 6.62. The van der Waals surface area contributed by atoms with Gasteiger partial charge in [0.25, 0.3) is 5.91 Å². The van der Waals surface area contributed by atoms with E-state index in [1.54, 1.807) is 0 Å². The highest BCUT2D eigenvalue weighted by Gasteiger charge is 2.17. The van der Waals surface area contributed by atoms with E-state index in [0.717, 1.165) is 6.07 Å². The molecule has 3 amide bonds. The maximum atomic E-state index is 13.0. The Morgan fingerprint density at radius 1 is 1.36 bits per heavy atom. The van der Waals surface area contributed by atoms with Gasteiger partial charge in [-0.1, -0.05) is 17.7 Å². The SMILES string of the molecule is O=C1C=CC(C(=O)NCC(=O)Nc2ccc(F)c(Cl)c2)C=N1. The van der Waals surface area contributed by atoms with Crippen LogP contribution < -0.4 is 10.6 Å². The maximum Gasteiger partial charge on any atom is 0.269 e. The minimum absolute atomic E-state index is 0.116. The fraction of sp³-hybridized carbons (Fsp3) is 0.143. The summed E-state index contributed by atoms with van der Waals surface area (Å²) in [5.41, 5.74) is 0.315. The van der Waals surface area contributed by atoms with E-state index in [-0.39, 0.29) is 11.6 Å². The van der Waals surface area contributed by atoms with Crippen LogP contribution in [0, 0.1) is 11.7 Å². The lowest BCUT2D eigenvalue weighted by molar-refractivity contribution is -0.124. The summed E-state index contributed by atoms with van der Waals surface area (Å²) >= 11 is 5.59. The molecule has 0 aliphatic carbocycles. The zero-order valence-corrected chi connectivity index (χ0v) is 11.9. The summed E-state index contributed by atoms with van der Waals surface area (Å²) < 4.78 is 13.0. The number of anilines is 1. The molecule has 0 saturated heterocycles. The van der Waals surface area contributed by atoms with E-state index in [4.69, 9.17) is 11.6 Å². The van der Waals surface area contributed by atoms with Crippen LogP contribution in [-0.4, -0.2) is 30.5 Å². The van der Waals surface area contributed by atoms with E-state index in [9.17, 15) is 18.8 Å². The number of halogens is 2. The number of benzene rings is 1.